The second kappa shape index (κ2) is 5.80. The Morgan fingerprint density at radius 3 is 2.60 bits per heavy atom. The van der Waals surface area contributed by atoms with Gasteiger partial charge < -0.3 is 5.73 Å². The number of piperidine rings is 1. The summed E-state index contributed by atoms with van der Waals surface area (Å²) in [7, 11) is -3.50. The van der Waals surface area contributed by atoms with Gasteiger partial charge in [-0.25, -0.2) is 0 Å². The standard InChI is InChI=1S/C13H20N4O2S/c1-10-3-2-8-17(9-10)20(18,19)16-12-6-4-11(5-7-12)13(14)15/h4-7,10,16H,2-3,8-9H2,1H3,(H3,14,15). The van der Waals surface area contributed by atoms with Gasteiger partial charge in [-0.05, 0) is 43.0 Å². The number of hydrogen-bond acceptors (Lipinski definition) is 3. The van der Waals surface area contributed by atoms with E-state index in [4.69, 9.17) is 11.1 Å². The highest BCUT2D eigenvalue weighted by atomic mass is 32.2. The highest BCUT2D eigenvalue weighted by Gasteiger charge is 2.26. The normalized spacial score (nSPS) is 20.6. The monoisotopic (exact) mass is 296 g/mol. The van der Waals surface area contributed by atoms with E-state index in [-0.39, 0.29) is 5.84 Å². The van der Waals surface area contributed by atoms with Gasteiger partial charge in [0.05, 0.1) is 0 Å². The summed E-state index contributed by atoms with van der Waals surface area (Å²) in [5, 5.41) is 7.30. The van der Waals surface area contributed by atoms with Gasteiger partial charge in [0, 0.05) is 24.3 Å². The van der Waals surface area contributed by atoms with Gasteiger partial charge in [-0.3, -0.25) is 10.1 Å². The van der Waals surface area contributed by atoms with E-state index in [1.807, 2.05) is 0 Å². The Morgan fingerprint density at radius 1 is 1.40 bits per heavy atom. The Morgan fingerprint density at radius 2 is 2.05 bits per heavy atom. The number of benzene rings is 1. The number of nitrogen functional groups attached to an aromatic ring is 1. The molecule has 0 aliphatic carbocycles. The third-order valence-corrected chi connectivity index (χ3v) is 4.91. The Hall–Kier alpha value is -1.60. The van der Waals surface area contributed by atoms with Crippen molar-refractivity contribution >= 4 is 21.7 Å². The summed E-state index contributed by atoms with van der Waals surface area (Å²) in [4.78, 5) is 0. The molecule has 0 saturated carbocycles. The molecule has 20 heavy (non-hydrogen) atoms. The van der Waals surface area contributed by atoms with Crippen LogP contribution < -0.4 is 10.5 Å². The fourth-order valence-electron chi connectivity index (χ4n) is 2.30. The molecule has 0 amide bonds. The summed E-state index contributed by atoms with van der Waals surface area (Å²) >= 11 is 0. The highest BCUT2D eigenvalue weighted by molar-refractivity contribution is 7.90. The summed E-state index contributed by atoms with van der Waals surface area (Å²) < 4.78 is 28.6. The first-order chi connectivity index (χ1) is 9.38. The maximum atomic E-state index is 12.3. The molecule has 1 fully saturated rings. The number of nitrogens with zero attached hydrogens (tertiary/aromatic N) is 1. The van der Waals surface area contributed by atoms with Gasteiger partial charge in [-0.2, -0.15) is 12.7 Å². The molecule has 1 heterocycles. The molecule has 0 aromatic heterocycles. The van der Waals surface area contributed by atoms with Crippen molar-refractivity contribution in [2.45, 2.75) is 19.8 Å². The Kier molecular flexibility index (Phi) is 4.29. The predicted molar refractivity (Wildman–Crippen MR) is 80.0 cm³/mol. The molecular weight excluding hydrogens is 276 g/mol. The minimum atomic E-state index is -3.50. The molecule has 1 aromatic carbocycles. The minimum absolute atomic E-state index is 0.0377. The molecule has 1 aliphatic heterocycles. The number of anilines is 1. The second-order valence-electron chi connectivity index (χ2n) is 5.20. The van der Waals surface area contributed by atoms with E-state index in [0.29, 0.717) is 30.3 Å². The van der Waals surface area contributed by atoms with Crippen LogP contribution in [0, 0.1) is 11.3 Å². The SMILES string of the molecule is CC1CCCN(S(=O)(=O)Nc2ccc(C(=N)N)cc2)C1. The van der Waals surface area contributed by atoms with Gasteiger partial charge >= 0.3 is 10.2 Å². The first kappa shape index (κ1) is 14.8. The maximum absolute atomic E-state index is 12.3. The van der Waals surface area contributed by atoms with Crippen molar-refractivity contribution in [2.24, 2.45) is 11.7 Å². The lowest BCUT2D eigenvalue weighted by atomic mass is 10.0. The molecule has 1 saturated heterocycles. The van der Waals surface area contributed by atoms with E-state index in [1.54, 1.807) is 24.3 Å². The van der Waals surface area contributed by atoms with Crippen LogP contribution in [-0.4, -0.2) is 31.6 Å². The zero-order valence-electron chi connectivity index (χ0n) is 11.5. The van der Waals surface area contributed by atoms with Crippen LogP contribution >= 0.6 is 0 Å². The Bertz CT molecular complexity index is 583. The van der Waals surface area contributed by atoms with Crippen LogP contribution in [0.25, 0.3) is 0 Å². The lowest BCUT2D eigenvalue weighted by Crippen LogP contribution is -2.42. The zero-order valence-corrected chi connectivity index (χ0v) is 12.3. The van der Waals surface area contributed by atoms with Gasteiger partial charge in [0.25, 0.3) is 0 Å². The highest BCUT2D eigenvalue weighted by Crippen LogP contribution is 2.20. The third-order valence-electron chi connectivity index (χ3n) is 3.40. The lowest BCUT2D eigenvalue weighted by Gasteiger charge is -2.30. The predicted octanol–water partition coefficient (Wildman–Crippen LogP) is 1.36. The lowest BCUT2D eigenvalue weighted by molar-refractivity contribution is 0.282. The van der Waals surface area contributed by atoms with Crippen LogP contribution in [0.3, 0.4) is 0 Å². The van der Waals surface area contributed by atoms with Crippen LogP contribution in [0.15, 0.2) is 24.3 Å². The third kappa shape index (κ3) is 3.49. The minimum Gasteiger partial charge on any atom is -0.384 e. The summed E-state index contributed by atoms with van der Waals surface area (Å²) in [6, 6.07) is 6.47. The van der Waals surface area contributed by atoms with E-state index in [2.05, 4.69) is 11.6 Å². The Labute approximate surface area is 119 Å². The molecule has 7 heteroatoms. The molecule has 110 valence electrons. The van der Waals surface area contributed by atoms with Crippen LogP contribution in [-0.2, 0) is 10.2 Å². The quantitative estimate of drug-likeness (QED) is 0.578. The van der Waals surface area contributed by atoms with Gasteiger partial charge in [-0.1, -0.05) is 6.92 Å². The van der Waals surface area contributed by atoms with Crippen LogP contribution in [0.1, 0.15) is 25.3 Å². The number of rotatable bonds is 4. The van der Waals surface area contributed by atoms with E-state index in [1.165, 1.54) is 4.31 Å². The second-order valence-corrected chi connectivity index (χ2v) is 6.87. The van der Waals surface area contributed by atoms with Gasteiger partial charge in [0.15, 0.2) is 0 Å². The molecule has 2 rings (SSSR count). The fraction of sp³-hybridized carbons (Fsp3) is 0.462. The number of nitrogens with one attached hydrogen (secondary N) is 2. The Balaban J connectivity index is 2.09. The molecule has 0 radical (unpaired) electrons. The van der Waals surface area contributed by atoms with Crippen molar-refractivity contribution in [1.29, 1.82) is 5.41 Å². The van der Waals surface area contributed by atoms with Crippen molar-refractivity contribution in [3.05, 3.63) is 29.8 Å². The van der Waals surface area contributed by atoms with Crippen molar-refractivity contribution in [1.82, 2.24) is 4.31 Å². The van der Waals surface area contributed by atoms with Crippen molar-refractivity contribution < 1.29 is 8.42 Å². The van der Waals surface area contributed by atoms with E-state index in [0.717, 1.165) is 12.8 Å². The molecule has 1 atom stereocenters. The molecule has 1 aliphatic rings. The van der Waals surface area contributed by atoms with Crippen molar-refractivity contribution in [3.63, 3.8) is 0 Å². The molecule has 0 spiro atoms. The number of nitrogens with two attached hydrogens (primary N) is 1. The van der Waals surface area contributed by atoms with Gasteiger partial charge in [0.2, 0.25) is 0 Å². The van der Waals surface area contributed by atoms with Crippen molar-refractivity contribution in [3.8, 4) is 0 Å². The van der Waals surface area contributed by atoms with Crippen molar-refractivity contribution in [2.75, 3.05) is 17.8 Å². The van der Waals surface area contributed by atoms with Gasteiger partial charge in [0.1, 0.15) is 5.84 Å². The molecular formula is C13H20N4O2S. The summed E-state index contributed by atoms with van der Waals surface area (Å²) in [6.45, 7) is 3.18. The molecule has 1 unspecified atom stereocenters. The number of hydrogen-bond donors (Lipinski definition) is 3. The van der Waals surface area contributed by atoms with E-state index >= 15 is 0 Å². The van der Waals surface area contributed by atoms with Gasteiger partial charge in [-0.15, -0.1) is 0 Å². The zero-order chi connectivity index (χ0) is 14.8. The maximum Gasteiger partial charge on any atom is 0.301 e. The summed E-state index contributed by atoms with van der Waals surface area (Å²) in [6.07, 6.45) is 1.96. The number of amidine groups is 1. The fourth-order valence-corrected chi connectivity index (χ4v) is 3.68. The molecule has 6 nitrogen and oxygen atoms in total. The van der Waals surface area contributed by atoms with Crippen LogP contribution in [0.2, 0.25) is 0 Å². The smallest absolute Gasteiger partial charge is 0.301 e. The largest absolute Gasteiger partial charge is 0.384 e. The van der Waals surface area contributed by atoms with Crippen LogP contribution in [0.5, 0.6) is 0 Å². The summed E-state index contributed by atoms with van der Waals surface area (Å²) in [5.41, 5.74) is 6.41. The molecule has 1 aromatic rings. The van der Waals surface area contributed by atoms with E-state index in [9.17, 15) is 8.42 Å². The van der Waals surface area contributed by atoms with Crippen LogP contribution in [0.4, 0.5) is 5.69 Å². The summed E-state index contributed by atoms with van der Waals surface area (Å²) in [5.74, 6) is 0.352. The molecule has 4 N–H and O–H groups in total. The average Bonchev–Trinajstić information content (AvgIpc) is 2.39. The first-order valence-corrected chi connectivity index (χ1v) is 8.05. The molecule has 0 bridgehead atoms. The average molecular weight is 296 g/mol. The first-order valence-electron chi connectivity index (χ1n) is 6.61. The topological polar surface area (TPSA) is 99.3 Å². The van der Waals surface area contributed by atoms with E-state index < -0.39 is 10.2 Å².